The Morgan fingerprint density at radius 3 is 2.60 bits per heavy atom. The summed E-state index contributed by atoms with van der Waals surface area (Å²) in [6.45, 7) is 6.60. The number of ether oxygens (including phenoxy) is 1. The quantitative estimate of drug-likeness (QED) is 0.718. The molecule has 0 aromatic heterocycles. The summed E-state index contributed by atoms with van der Waals surface area (Å²) in [6.07, 6.45) is 0. The molecule has 0 bridgehead atoms. The smallest absolute Gasteiger partial charge is 0.122 e. The van der Waals surface area contributed by atoms with E-state index in [1.54, 1.807) is 7.11 Å². The number of hydrogen-bond acceptors (Lipinski definition) is 3. The van der Waals surface area contributed by atoms with Crippen LogP contribution in [0.5, 0.6) is 5.75 Å². The van der Waals surface area contributed by atoms with Crippen LogP contribution in [0.3, 0.4) is 0 Å². The first-order valence-corrected chi connectivity index (χ1v) is 5.24. The summed E-state index contributed by atoms with van der Waals surface area (Å²) in [7, 11) is 1.70. The van der Waals surface area contributed by atoms with Gasteiger partial charge in [-0.25, -0.2) is 0 Å². The number of rotatable bonds is 5. The van der Waals surface area contributed by atoms with Crippen molar-refractivity contribution in [3.05, 3.63) is 28.8 Å². The van der Waals surface area contributed by atoms with Crippen molar-refractivity contribution in [1.29, 1.82) is 0 Å². The predicted octanol–water partition coefficient (Wildman–Crippen LogP) is 1.36. The Labute approximate surface area is 91.6 Å². The van der Waals surface area contributed by atoms with Crippen LogP contribution < -0.4 is 15.8 Å². The third-order valence-corrected chi connectivity index (χ3v) is 2.71. The first kappa shape index (κ1) is 12.0. The maximum Gasteiger partial charge on any atom is 0.122 e. The third kappa shape index (κ3) is 2.94. The maximum atomic E-state index is 5.42. The number of nitrogens with two attached hydrogens (primary N) is 1. The van der Waals surface area contributed by atoms with E-state index in [9.17, 15) is 0 Å². The molecule has 0 aliphatic rings. The summed E-state index contributed by atoms with van der Waals surface area (Å²) in [5, 5.41) is 3.29. The van der Waals surface area contributed by atoms with Crippen LogP contribution >= 0.6 is 0 Å². The lowest BCUT2D eigenvalue weighted by molar-refractivity contribution is 0.411. The van der Waals surface area contributed by atoms with E-state index in [0.717, 1.165) is 18.8 Å². The van der Waals surface area contributed by atoms with Gasteiger partial charge in [0.25, 0.3) is 0 Å². The zero-order chi connectivity index (χ0) is 11.3. The lowest BCUT2D eigenvalue weighted by atomic mass is 10.0. The summed E-state index contributed by atoms with van der Waals surface area (Å²) >= 11 is 0. The minimum atomic E-state index is 0.675. The molecule has 0 aliphatic heterocycles. The van der Waals surface area contributed by atoms with Gasteiger partial charge in [-0.3, -0.25) is 0 Å². The average molecular weight is 208 g/mol. The molecule has 1 rings (SSSR count). The van der Waals surface area contributed by atoms with Crippen LogP contribution in [-0.4, -0.2) is 20.2 Å². The fourth-order valence-corrected chi connectivity index (χ4v) is 1.59. The van der Waals surface area contributed by atoms with E-state index < -0.39 is 0 Å². The van der Waals surface area contributed by atoms with Crippen molar-refractivity contribution in [2.45, 2.75) is 20.4 Å². The molecule has 0 saturated heterocycles. The van der Waals surface area contributed by atoms with E-state index in [1.165, 1.54) is 16.7 Å². The van der Waals surface area contributed by atoms with Crippen LogP contribution in [0.4, 0.5) is 0 Å². The van der Waals surface area contributed by atoms with Crippen LogP contribution in [0.2, 0.25) is 0 Å². The molecule has 0 atom stereocenters. The van der Waals surface area contributed by atoms with E-state index in [4.69, 9.17) is 10.5 Å². The number of methoxy groups -OCH3 is 1. The van der Waals surface area contributed by atoms with Gasteiger partial charge < -0.3 is 15.8 Å². The lowest BCUT2D eigenvalue weighted by Gasteiger charge is -2.12. The molecular formula is C12H20N2O. The number of nitrogens with one attached hydrogen (secondary N) is 1. The van der Waals surface area contributed by atoms with Crippen molar-refractivity contribution in [3.8, 4) is 5.75 Å². The zero-order valence-electron chi connectivity index (χ0n) is 9.76. The fourth-order valence-electron chi connectivity index (χ4n) is 1.59. The van der Waals surface area contributed by atoms with E-state index in [1.807, 2.05) is 6.07 Å². The second-order valence-corrected chi connectivity index (χ2v) is 3.64. The van der Waals surface area contributed by atoms with Gasteiger partial charge in [-0.2, -0.15) is 0 Å². The predicted molar refractivity (Wildman–Crippen MR) is 63.2 cm³/mol. The summed E-state index contributed by atoms with van der Waals surface area (Å²) in [5.74, 6) is 0.954. The van der Waals surface area contributed by atoms with Crippen molar-refractivity contribution in [2.24, 2.45) is 5.73 Å². The van der Waals surface area contributed by atoms with E-state index in [2.05, 4.69) is 25.2 Å². The average Bonchev–Trinajstić information content (AvgIpc) is 2.25. The Balaban J connectivity index is 2.77. The molecule has 1 aromatic rings. The summed E-state index contributed by atoms with van der Waals surface area (Å²) in [4.78, 5) is 0. The highest BCUT2D eigenvalue weighted by Crippen LogP contribution is 2.23. The Morgan fingerprint density at radius 1 is 1.27 bits per heavy atom. The van der Waals surface area contributed by atoms with Gasteiger partial charge in [-0.15, -0.1) is 0 Å². The Kier molecular flexibility index (Phi) is 4.59. The van der Waals surface area contributed by atoms with Gasteiger partial charge in [0.05, 0.1) is 7.11 Å². The van der Waals surface area contributed by atoms with E-state index >= 15 is 0 Å². The normalized spacial score (nSPS) is 10.4. The standard InChI is InChI=1S/C12H20N2O/c1-9-10(2)12(15-3)5-4-11(9)8-14-7-6-13/h4-5,14H,6-8,13H2,1-3H3. The summed E-state index contributed by atoms with van der Waals surface area (Å²) < 4.78 is 5.27. The Morgan fingerprint density at radius 2 is 2.00 bits per heavy atom. The monoisotopic (exact) mass is 208 g/mol. The highest BCUT2D eigenvalue weighted by atomic mass is 16.5. The summed E-state index contributed by atoms with van der Waals surface area (Å²) in [5.41, 5.74) is 9.23. The fraction of sp³-hybridized carbons (Fsp3) is 0.500. The molecule has 0 spiro atoms. The number of benzene rings is 1. The second-order valence-electron chi connectivity index (χ2n) is 3.64. The van der Waals surface area contributed by atoms with Crippen molar-refractivity contribution in [1.82, 2.24) is 5.32 Å². The van der Waals surface area contributed by atoms with Crippen LogP contribution in [0, 0.1) is 13.8 Å². The van der Waals surface area contributed by atoms with Gasteiger partial charge >= 0.3 is 0 Å². The van der Waals surface area contributed by atoms with Gasteiger partial charge in [0.15, 0.2) is 0 Å². The third-order valence-electron chi connectivity index (χ3n) is 2.71. The molecule has 0 amide bonds. The molecule has 15 heavy (non-hydrogen) atoms. The van der Waals surface area contributed by atoms with Gasteiger partial charge in [-0.05, 0) is 36.6 Å². The molecule has 0 fully saturated rings. The van der Waals surface area contributed by atoms with Gasteiger partial charge in [0.2, 0.25) is 0 Å². The molecule has 0 aliphatic carbocycles. The second kappa shape index (κ2) is 5.73. The molecular weight excluding hydrogens is 188 g/mol. The molecule has 84 valence electrons. The highest BCUT2D eigenvalue weighted by molar-refractivity contribution is 5.43. The van der Waals surface area contributed by atoms with Crippen molar-refractivity contribution >= 4 is 0 Å². The van der Waals surface area contributed by atoms with Crippen LogP contribution in [0.15, 0.2) is 12.1 Å². The van der Waals surface area contributed by atoms with Gasteiger partial charge in [-0.1, -0.05) is 6.07 Å². The van der Waals surface area contributed by atoms with Crippen molar-refractivity contribution in [2.75, 3.05) is 20.2 Å². The summed E-state index contributed by atoms with van der Waals surface area (Å²) in [6, 6.07) is 4.12. The van der Waals surface area contributed by atoms with Crippen molar-refractivity contribution in [3.63, 3.8) is 0 Å². The van der Waals surface area contributed by atoms with Crippen molar-refractivity contribution < 1.29 is 4.74 Å². The molecule has 3 heteroatoms. The topological polar surface area (TPSA) is 47.3 Å². The minimum absolute atomic E-state index is 0.675. The van der Waals surface area contributed by atoms with Crippen LogP contribution in [0.25, 0.3) is 0 Å². The minimum Gasteiger partial charge on any atom is -0.496 e. The Hall–Kier alpha value is -1.06. The SMILES string of the molecule is COc1ccc(CNCCN)c(C)c1C. The Bertz CT molecular complexity index is 324. The number of hydrogen-bond donors (Lipinski definition) is 2. The highest BCUT2D eigenvalue weighted by Gasteiger charge is 2.05. The molecule has 3 nitrogen and oxygen atoms in total. The molecule has 0 unspecified atom stereocenters. The van der Waals surface area contributed by atoms with E-state index in [-0.39, 0.29) is 0 Å². The molecule has 0 heterocycles. The zero-order valence-corrected chi connectivity index (χ0v) is 9.76. The van der Waals surface area contributed by atoms with Crippen LogP contribution in [0.1, 0.15) is 16.7 Å². The van der Waals surface area contributed by atoms with Gasteiger partial charge in [0, 0.05) is 19.6 Å². The molecule has 0 saturated carbocycles. The molecule has 0 radical (unpaired) electrons. The van der Waals surface area contributed by atoms with Crippen LogP contribution in [-0.2, 0) is 6.54 Å². The molecule has 1 aromatic carbocycles. The lowest BCUT2D eigenvalue weighted by Crippen LogP contribution is -2.22. The first-order valence-electron chi connectivity index (χ1n) is 5.24. The maximum absolute atomic E-state index is 5.42. The largest absolute Gasteiger partial charge is 0.496 e. The first-order chi connectivity index (χ1) is 7.20. The van der Waals surface area contributed by atoms with Gasteiger partial charge in [0.1, 0.15) is 5.75 Å². The molecule has 3 N–H and O–H groups in total. The van der Waals surface area contributed by atoms with E-state index in [0.29, 0.717) is 6.54 Å².